The third-order valence-electron chi connectivity index (χ3n) is 3.12. The number of carboxylic acid groups (broad SMARTS) is 1. The maximum absolute atomic E-state index is 11.7. The number of carboxylic acids is 1. The quantitative estimate of drug-likeness (QED) is 0.820. The molecule has 0 saturated heterocycles. The molecule has 2 atom stereocenters. The van der Waals surface area contributed by atoms with Crippen LogP contribution in [-0.2, 0) is 26.0 Å². The highest BCUT2D eigenvalue weighted by Crippen LogP contribution is 2.18. The van der Waals surface area contributed by atoms with Gasteiger partial charge in [-0.3, -0.25) is 14.3 Å². The van der Waals surface area contributed by atoms with E-state index in [1.54, 1.807) is 38.1 Å². The fourth-order valence-corrected chi connectivity index (χ4v) is 2.35. The third kappa shape index (κ3) is 5.55. The van der Waals surface area contributed by atoms with Crippen LogP contribution in [-0.4, -0.2) is 31.7 Å². The fraction of sp³-hybridized carbons (Fsp3) is 0.429. The lowest BCUT2D eigenvalue weighted by Crippen LogP contribution is -2.32. The third-order valence-corrected chi connectivity index (χ3v) is 3.69. The van der Waals surface area contributed by atoms with Crippen LogP contribution in [0, 0.1) is 5.92 Å². The van der Waals surface area contributed by atoms with Crippen LogP contribution in [0.15, 0.2) is 24.3 Å². The highest BCUT2D eigenvalue weighted by molar-refractivity contribution is 7.89. The lowest BCUT2D eigenvalue weighted by molar-refractivity contribution is -0.141. The number of carbonyl (C=O) groups excluding carboxylic acids is 1. The average molecular weight is 313 g/mol. The average Bonchev–Trinajstić information content (AvgIpc) is 2.36. The molecule has 0 fully saturated rings. The highest BCUT2D eigenvalue weighted by Gasteiger charge is 2.18. The molecule has 0 unspecified atom stereocenters. The number of benzene rings is 1. The Morgan fingerprint density at radius 2 is 1.71 bits per heavy atom. The van der Waals surface area contributed by atoms with Crippen molar-refractivity contribution in [1.29, 1.82) is 0 Å². The smallest absolute Gasteiger partial charge is 0.306 e. The summed E-state index contributed by atoms with van der Waals surface area (Å²) in [6.07, 6.45) is 1.33. The Morgan fingerprint density at radius 1 is 1.19 bits per heavy atom. The second-order valence-electron chi connectivity index (χ2n) is 5.15. The lowest BCUT2D eigenvalue weighted by atomic mass is 9.96. The van der Waals surface area contributed by atoms with Crippen LogP contribution in [0.5, 0.6) is 0 Å². The van der Waals surface area contributed by atoms with Gasteiger partial charge in [0.05, 0.1) is 18.1 Å². The summed E-state index contributed by atoms with van der Waals surface area (Å²) in [7, 11) is -3.57. The van der Waals surface area contributed by atoms with Crippen LogP contribution in [0.1, 0.15) is 30.9 Å². The van der Waals surface area contributed by atoms with Crippen molar-refractivity contribution in [2.45, 2.75) is 26.2 Å². The van der Waals surface area contributed by atoms with E-state index in [-0.39, 0.29) is 0 Å². The molecule has 0 radical (unpaired) electrons. The summed E-state index contributed by atoms with van der Waals surface area (Å²) in [5.41, 5.74) is 1.52. The van der Waals surface area contributed by atoms with E-state index in [0.29, 0.717) is 12.0 Å². The first-order valence-electron chi connectivity index (χ1n) is 6.43. The molecule has 1 aromatic carbocycles. The summed E-state index contributed by atoms with van der Waals surface area (Å²) < 4.78 is 24.0. The Labute approximate surface area is 124 Å². The Bertz CT molecular complexity index is 621. The monoisotopic (exact) mass is 313 g/mol. The Morgan fingerprint density at radius 3 is 2.14 bits per heavy atom. The normalized spacial score (nSPS) is 14.2. The maximum Gasteiger partial charge on any atom is 0.306 e. The zero-order chi connectivity index (χ0) is 16.2. The molecule has 1 aromatic rings. The van der Waals surface area contributed by atoms with E-state index in [1.807, 2.05) is 4.72 Å². The molecule has 2 N–H and O–H groups in total. The van der Waals surface area contributed by atoms with Gasteiger partial charge in [-0.15, -0.1) is 0 Å². The van der Waals surface area contributed by atoms with Gasteiger partial charge in [-0.2, -0.15) is 0 Å². The van der Waals surface area contributed by atoms with E-state index in [1.165, 1.54) is 0 Å². The number of carbonyl (C=O) groups is 2. The van der Waals surface area contributed by atoms with Crippen LogP contribution in [0.3, 0.4) is 0 Å². The van der Waals surface area contributed by atoms with Crippen molar-refractivity contribution in [3.05, 3.63) is 35.4 Å². The topological polar surface area (TPSA) is 101 Å². The zero-order valence-corrected chi connectivity index (χ0v) is 13.0. The van der Waals surface area contributed by atoms with Gasteiger partial charge in [0.15, 0.2) is 0 Å². The van der Waals surface area contributed by atoms with E-state index in [2.05, 4.69) is 0 Å². The summed E-state index contributed by atoms with van der Waals surface area (Å²) in [5.74, 6) is -2.54. The van der Waals surface area contributed by atoms with Crippen LogP contribution in [0.25, 0.3) is 0 Å². The Balaban J connectivity index is 2.78. The van der Waals surface area contributed by atoms with Gasteiger partial charge in [-0.1, -0.05) is 31.2 Å². The van der Waals surface area contributed by atoms with E-state index in [0.717, 1.165) is 11.8 Å². The van der Waals surface area contributed by atoms with Gasteiger partial charge in [0.2, 0.25) is 15.9 Å². The van der Waals surface area contributed by atoms with Crippen molar-refractivity contribution in [1.82, 2.24) is 4.72 Å². The molecule has 0 aliphatic heterocycles. The minimum atomic E-state index is -3.57. The van der Waals surface area contributed by atoms with Crippen LogP contribution < -0.4 is 4.72 Å². The van der Waals surface area contributed by atoms with Crippen LogP contribution >= 0.6 is 0 Å². The predicted molar refractivity (Wildman–Crippen MR) is 78.3 cm³/mol. The van der Waals surface area contributed by atoms with Crippen molar-refractivity contribution in [3.8, 4) is 0 Å². The predicted octanol–water partition coefficient (Wildman–Crippen LogP) is 1.13. The lowest BCUT2D eigenvalue weighted by Gasteiger charge is -2.12. The summed E-state index contributed by atoms with van der Waals surface area (Å²) in [6, 6.07) is 6.91. The molecule has 7 heteroatoms. The van der Waals surface area contributed by atoms with Gasteiger partial charge in [0.1, 0.15) is 0 Å². The number of aliphatic carboxylic acids is 1. The molecule has 0 spiro atoms. The van der Waals surface area contributed by atoms with Crippen LogP contribution in [0.4, 0.5) is 0 Å². The molecule has 0 aliphatic carbocycles. The number of sulfonamides is 1. The second kappa shape index (κ2) is 6.71. The number of amides is 1. The first-order chi connectivity index (χ1) is 9.60. The number of hydrogen-bond donors (Lipinski definition) is 2. The molecule has 0 aromatic heterocycles. The molecule has 21 heavy (non-hydrogen) atoms. The Kier molecular flexibility index (Phi) is 5.48. The zero-order valence-electron chi connectivity index (χ0n) is 12.2. The van der Waals surface area contributed by atoms with Gasteiger partial charge in [-0.05, 0) is 24.5 Å². The van der Waals surface area contributed by atoms with Crippen molar-refractivity contribution < 1.29 is 23.1 Å². The van der Waals surface area contributed by atoms with Gasteiger partial charge in [0.25, 0.3) is 0 Å². The summed E-state index contributed by atoms with van der Waals surface area (Å²) in [6.45, 7) is 3.23. The first-order valence-corrected chi connectivity index (χ1v) is 8.32. The van der Waals surface area contributed by atoms with Gasteiger partial charge < -0.3 is 5.11 Å². The van der Waals surface area contributed by atoms with Gasteiger partial charge in [0, 0.05) is 0 Å². The Hall–Kier alpha value is -1.89. The molecular formula is C14H19NO5S. The fourth-order valence-electron chi connectivity index (χ4n) is 1.81. The first kappa shape index (κ1) is 17.2. The molecule has 0 bridgehead atoms. The van der Waals surface area contributed by atoms with Crippen molar-refractivity contribution >= 4 is 21.9 Å². The minimum Gasteiger partial charge on any atom is -0.481 e. The SMILES string of the molecule is C[C@H](Cc1ccc([C@@H](C)C(=O)NS(C)(=O)=O)cc1)C(=O)O. The molecule has 0 heterocycles. The summed E-state index contributed by atoms with van der Waals surface area (Å²) in [5, 5.41) is 8.86. The number of hydrogen-bond acceptors (Lipinski definition) is 4. The van der Waals surface area contributed by atoms with Crippen LogP contribution in [0.2, 0.25) is 0 Å². The van der Waals surface area contributed by atoms with E-state index in [9.17, 15) is 18.0 Å². The van der Waals surface area contributed by atoms with E-state index >= 15 is 0 Å². The molecule has 116 valence electrons. The van der Waals surface area contributed by atoms with Gasteiger partial charge in [-0.25, -0.2) is 8.42 Å². The van der Waals surface area contributed by atoms with Crippen molar-refractivity contribution in [2.75, 3.05) is 6.26 Å². The maximum atomic E-state index is 11.7. The highest BCUT2D eigenvalue weighted by atomic mass is 32.2. The summed E-state index contributed by atoms with van der Waals surface area (Å²) >= 11 is 0. The molecular weight excluding hydrogens is 294 g/mol. The molecule has 0 saturated carbocycles. The molecule has 0 aliphatic rings. The largest absolute Gasteiger partial charge is 0.481 e. The second-order valence-corrected chi connectivity index (χ2v) is 6.89. The van der Waals surface area contributed by atoms with Gasteiger partial charge >= 0.3 is 5.97 Å². The molecule has 6 nitrogen and oxygen atoms in total. The number of nitrogens with one attached hydrogen (secondary N) is 1. The van der Waals surface area contributed by atoms with Crippen molar-refractivity contribution in [2.24, 2.45) is 5.92 Å². The number of rotatable bonds is 6. The molecule has 1 amide bonds. The van der Waals surface area contributed by atoms with Crippen molar-refractivity contribution in [3.63, 3.8) is 0 Å². The standard InChI is InChI=1S/C14H19NO5S/c1-9(14(17)18)8-11-4-6-12(7-5-11)10(2)13(16)15-21(3,19)20/h4-7,9-10H,8H2,1-3H3,(H,15,16)(H,17,18)/t9-,10-/m1/s1. The van der Waals surface area contributed by atoms with E-state index < -0.39 is 33.7 Å². The summed E-state index contributed by atoms with van der Waals surface area (Å²) in [4.78, 5) is 22.5. The molecule has 1 rings (SSSR count). The van der Waals surface area contributed by atoms with E-state index in [4.69, 9.17) is 5.11 Å². The minimum absolute atomic E-state index is 0.402.